The van der Waals surface area contributed by atoms with E-state index in [1.807, 2.05) is 0 Å². The number of hydrogen-bond acceptors (Lipinski definition) is 5. The Labute approximate surface area is 109 Å². The molecule has 18 heavy (non-hydrogen) atoms. The third kappa shape index (κ3) is 2.56. The summed E-state index contributed by atoms with van der Waals surface area (Å²) in [6.07, 6.45) is 0.388. The van der Waals surface area contributed by atoms with Gasteiger partial charge in [-0.15, -0.1) is 11.3 Å². The smallest absolute Gasteiger partial charge is 0.347 e. The summed E-state index contributed by atoms with van der Waals surface area (Å²) in [5.74, 6) is -1.24. The summed E-state index contributed by atoms with van der Waals surface area (Å²) in [5, 5.41) is 10.4. The summed E-state index contributed by atoms with van der Waals surface area (Å²) in [6.45, 7) is 2.29. The number of carbonyl (C=O) groups is 1. The van der Waals surface area contributed by atoms with E-state index < -0.39 is 16.0 Å². The third-order valence-corrected chi connectivity index (χ3v) is 5.36. The van der Waals surface area contributed by atoms with Crippen molar-refractivity contribution in [2.24, 2.45) is 0 Å². The van der Waals surface area contributed by atoms with Crippen LogP contribution in [0.25, 0.3) is 0 Å². The number of carboxylic acids is 1. The number of hydrogen-bond donors (Lipinski definition) is 2. The lowest BCUT2D eigenvalue weighted by Gasteiger charge is -2.15. The first-order valence-electron chi connectivity index (χ1n) is 5.36. The normalized spacial score (nSPS) is 24.3. The lowest BCUT2D eigenvalue weighted by atomic mass is 10.2. The average molecular weight is 291 g/mol. The van der Waals surface area contributed by atoms with Gasteiger partial charge in [0.15, 0.2) is 0 Å². The summed E-state index contributed by atoms with van der Waals surface area (Å²) in [7, 11) is -3.81. The maximum atomic E-state index is 12.1. The molecule has 0 saturated carbocycles. The fourth-order valence-corrected chi connectivity index (χ4v) is 4.41. The van der Waals surface area contributed by atoms with Gasteiger partial charge in [-0.3, -0.25) is 0 Å². The molecule has 1 saturated heterocycles. The molecular weight excluding hydrogens is 278 g/mol. The van der Waals surface area contributed by atoms with E-state index in [2.05, 4.69) is 4.72 Å². The molecule has 0 bridgehead atoms. The Morgan fingerprint density at radius 3 is 2.89 bits per heavy atom. The van der Waals surface area contributed by atoms with Gasteiger partial charge in [0.1, 0.15) is 9.77 Å². The van der Waals surface area contributed by atoms with Crippen molar-refractivity contribution in [2.45, 2.75) is 30.4 Å². The standard InChI is InChI=1S/C10H13NO5S2/c1-6-7(2-4-16-6)11-18(14,15)8-3-5-17-9(8)10(12)13/h3,5-7,11H,2,4H2,1H3,(H,12,13). The van der Waals surface area contributed by atoms with Crippen LogP contribution >= 0.6 is 11.3 Å². The number of nitrogens with one attached hydrogen (secondary N) is 1. The second-order valence-electron chi connectivity index (χ2n) is 4.01. The zero-order chi connectivity index (χ0) is 13.3. The highest BCUT2D eigenvalue weighted by molar-refractivity contribution is 7.89. The van der Waals surface area contributed by atoms with Gasteiger partial charge in [-0.1, -0.05) is 0 Å². The van der Waals surface area contributed by atoms with Crippen molar-refractivity contribution >= 4 is 27.3 Å². The van der Waals surface area contributed by atoms with E-state index in [9.17, 15) is 13.2 Å². The topological polar surface area (TPSA) is 92.7 Å². The Morgan fingerprint density at radius 1 is 1.61 bits per heavy atom. The van der Waals surface area contributed by atoms with Crippen LogP contribution in [0.15, 0.2) is 16.3 Å². The molecule has 0 aliphatic carbocycles. The van der Waals surface area contributed by atoms with Crippen molar-refractivity contribution in [1.82, 2.24) is 4.72 Å². The number of sulfonamides is 1. The van der Waals surface area contributed by atoms with Crippen LogP contribution in [-0.2, 0) is 14.8 Å². The summed E-state index contributed by atoms with van der Waals surface area (Å²) in [5.41, 5.74) is 0. The van der Waals surface area contributed by atoms with Crippen LogP contribution < -0.4 is 4.72 Å². The largest absolute Gasteiger partial charge is 0.477 e. The van der Waals surface area contributed by atoms with E-state index >= 15 is 0 Å². The fraction of sp³-hybridized carbons (Fsp3) is 0.500. The molecule has 2 rings (SSSR count). The molecule has 0 aromatic carbocycles. The average Bonchev–Trinajstić information content (AvgIpc) is 2.88. The van der Waals surface area contributed by atoms with Crippen molar-refractivity contribution < 1.29 is 23.1 Å². The third-order valence-electron chi connectivity index (χ3n) is 2.80. The lowest BCUT2D eigenvalue weighted by Crippen LogP contribution is -2.39. The van der Waals surface area contributed by atoms with Gasteiger partial charge in [0, 0.05) is 6.61 Å². The van der Waals surface area contributed by atoms with Crippen molar-refractivity contribution in [3.8, 4) is 0 Å². The molecule has 0 radical (unpaired) electrons. The van der Waals surface area contributed by atoms with E-state index in [0.29, 0.717) is 13.0 Å². The Bertz CT molecular complexity index is 550. The van der Waals surface area contributed by atoms with E-state index in [0.717, 1.165) is 11.3 Å². The Morgan fingerprint density at radius 2 is 2.33 bits per heavy atom. The zero-order valence-electron chi connectivity index (χ0n) is 9.62. The minimum atomic E-state index is -3.81. The first-order valence-corrected chi connectivity index (χ1v) is 7.73. The van der Waals surface area contributed by atoms with Gasteiger partial charge >= 0.3 is 5.97 Å². The van der Waals surface area contributed by atoms with Gasteiger partial charge in [-0.05, 0) is 24.8 Å². The van der Waals surface area contributed by atoms with Crippen LogP contribution in [0.1, 0.15) is 23.0 Å². The van der Waals surface area contributed by atoms with Crippen LogP contribution in [0.4, 0.5) is 0 Å². The molecule has 1 aromatic heterocycles. The van der Waals surface area contributed by atoms with Crippen molar-refractivity contribution in [3.05, 3.63) is 16.3 Å². The summed E-state index contributed by atoms with van der Waals surface area (Å²) in [4.78, 5) is 10.6. The van der Waals surface area contributed by atoms with Crippen LogP contribution in [0, 0.1) is 0 Å². The number of aromatic carboxylic acids is 1. The van der Waals surface area contributed by atoms with Gasteiger partial charge in [-0.25, -0.2) is 17.9 Å². The summed E-state index contributed by atoms with van der Waals surface area (Å²) in [6, 6.07) is 0.994. The van der Waals surface area contributed by atoms with Gasteiger partial charge in [0.25, 0.3) is 0 Å². The van der Waals surface area contributed by atoms with Crippen LogP contribution in [0.3, 0.4) is 0 Å². The molecular formula is C10H13NO5S2. The zero-order valence-corrected chi connectivity index (χ0v) is 11.3. The monoisotopic (exact) mass is 291 g/mol. The fourth-order valence-electron chi connectivity index (χ4n) is 1.81. The second-order valence-corrected chi connectivity index (χ2v) is 6.61. The number of carboxylic acid groups (broad SMARTS) is 1. The van der Waals surface area contributed by atoms with E-state index in [1.165, 1.54) is 11.4 Å². The molecule has 1 aromatic rings. The molecule has 0 spiro atoms. The van der Waals surface area contributed by atoms with E-state index in [4.69, 9.17) is 9.84 Å². The van der Waals surface area contributed by atoms with E-state index in [-0.39, 0.29) is 21.9 Å². The number of rotatable bonds is 4. The van der Waals surface area contributed by atoms with Crippen molar-refractivity contribution in [2.75, 3.05) is 6.61 Å². The predicted octanol–water partition coefficient (Wildman–Crippen LogP) is 0.902. The van der Waals surface area contributed by atoms with Gasteiger partial charge in [0.05, 0.1) is 12.1 Å². The SMILES string of the molecule is CC1OCCC1NS(=O)(=O)c1ccsc1C(=O)O. The highest BCUT2D eigenvalue weighted by atomic mass is 32.2. The molecule has 0 amide bonds. The summed E-state index contributed by atoms with van der Waals surface area (Å²) >= 11 is 0.893. The number of ether oxygens (including phenoxy) is 1. The van der Waals surface area contributed by atoms with Gasteiger partial charge in [0.2, 0.25) is 10.0 Å². The molecule has 2 atom stereocenters. The minimum absolute atomic E-state index is 0.172. The van der Waals surface area contributed by atoms with Crippen molar-refractivity contribution in [3.63, 3.8) is 0 Å². The Balaban J connectivity index is 2.25. The van der Waals surface area contributed by atoms with E-state index in [1.54, 1.807) is 6.92 Å². The molecule has 1 aliphatic rings. The van der Waals surface area contributed by atoms with Crippen LogP contribution in [-0.4, -0.2) is 38.2 Å². The molecule has 100 valence electrons. The first-order chi connectivity index (χ1) is 8.42. The maximum absolute atomic E-state index is 12.1. The molecule has 8 heteroatoms. The molecule has 1 fully saturated rings. The molecule has 2 unspecified atom stereocenters. The highest BCUT2D eigenvalue weighted by Crippen LogP contribution is 2.23. The molecule has 1 aliphatic heterocycles. The van der Waals surface area contributed by atoms with Crippen LogP contribution in [0.2, 0.25) is 0 Å². The molecule has 2 N–H and O–H groups in total. The number of thiophene rings is 1. The van der Waals surface area contributed by atoms with Crippen LogP contribution in [0.5, 0.6) is 0 Å². The lowest BCUT2D eigenvalue weighted by molar-refractivity contribution is 0.0698. The predicted molar refractivity (Wildman–Crippen MR) is 65.4 cm³/mol. The summed E-state index contributed by atoms with van der Waals surface area (Å²) < 4.78 is 32.0. The quantitative estimate of drug-likeness (QED) is 0.860. The molecule has 2 heterocycles. The minimum Gasteiger partial charge on any atom is -0.477 e. The highest BCUT2D eigenvalue weighted by Gasteiger charge is 2.31. The van der Waals surface area contributed by atoms with Crippen molar-refractivity contribution in [1.29, 1.82) is 0 Å². The Hall–Kier alpha value is -0.960. The van der Waals surface area contributed by atoms with Gasteiger partial charge < -0.3 is 9.84 Å². The molecule has 6 nitrogen and oxygen atoms in total. The first kappa shape index (κ1) is 13.5. The second kappa shape index (κ2) is 4.96. The maximum Gasteiger partial charge on any atom is 0.347 e. The van der Waals surface area contributed by atoms with Gasteiger partial charge in [-0.2, -0.15) is 0 Å². The Kier molecular flexibility index (Phi) is 3.71.